The third-order valence-corrected chi connectivity index (χ3v) is 10.9. The Balaban J connectivity index is 1.30. The molecule has 3 aliphatic rings. The van der Waals surface area contributed by atoms with E-state index in [1.165, 1.54) is 0 Å². The number of nitrogens with zero attached hydrogens (tertiary/aromatic N) is 6. The maximum absolute atomic E-state index is 14.0. The fraction of sp³-hybridized carbons (Fsp3) is 0.550. The standard InChI is InChI=1S/C40H50F3N7O5/c1-7-26-20-28-33(34(53-24-40(41,42)43)32(26)31-25(2)8-9-30-29(31)21-44-47-30)45-36(54-27-10-14-48(15-11-27)18-19-52-6)46-35(28)49-16-12-39(13-17-49)22-50(23-39)37(51)55-38(3,4)5/h7-9,20-21,27H,1,10-19,22-24H2,2-6H3,(H,44,47). The lowest BCUT2D eigenvalue weighted by molar-refractivity contribution is -0.153. The van der Waals surface area contributed by atoms with Crippen LogP contribution in [0.3, 0.4) is 0 Å². The van der Waals surface area contributed by atoms with Crippen LogP contribution in [-0.2, 0) is 9.47 Å². The van der Waals surface area contributed by atoms with Gasteiger partial charge in [0.15, 0.2) is 12.4 Å². The average Bonchev–Trinajstić information content (AvgIpc) is 3.60. The Morgan fingerprint density at radius 2 is 1.78 bits per heavy atom. The summed E-state index contributed by atoms with van der Waals surface area (Å²) >= 11 is 0. The summed E-state index contributed by atoms with van der Waals surface area (Å²) in [5, 5.41) is 8.47. The molecule has 0 bridgehead atoms. The number of likely N-dealkylation sites (tertiary alicyclic amines) is 2. The lowest BCUT2D eigenvalue weighted by Crippen LogP contribution is -2.62. The van der Waals surface area contributed by atoms with Crippen molar-refractivity contribution in [2.45, 2.75) is 71.3 Å². The number of nitrogens with one attached hydrogen (secondary N) is 1. The molecule has 3 aliphatic heterocycles. The van der Waals surface area contributed by atoms with E-state index in [-0.39, 0.29) is 34.9 Å². The van der Waals surface area contributed by atoms with E-state index in [4.69, 9.17) is 28.9 Å². The van der Waals surface area contributed by atoms with Crippen molar-refractivity contribution in [1.82, 2.24) is 30.0 Å². The lowest BCUT2D eigenvalue weighted by atomic mass is 9.72. The zero-order valence-electron chi connectivity index (χ0n) is 32.2. The largest absolute Gasteiger partial charge is 0.481 e. The minimum atomic E-state index is -4.62. The van der Waals surface area contributed by atoms with Gasteiger partial charge >= 0.3 is 18.3 Å². The number of anilines is 1. The van der Waals surface area contributed by atoms with Gasteiger partial charge in [0, 0.05) is 74.7 Å². The first-order valence-electron chi connectivity index (χ1n) is 18.9. The van der Waals surface area contributed by atoms with Gasteiger partial charge in [-0.2, -0.15) is 28.2 Å². The number of halogens is 3. The number of benzene rings is 2. The van der Waals surface area contributed by atoms with E-state index < -0.39 is 18.4 Å². The first-order valence-corrected chi connectivity index (χ1v) is 18.9. The van der Waals surface area contributed by atoms with Gasteiger partial charge in [0.05, 0.1) is 18.3 Å². The molecular formula is C40H50F3N7O5. The molecule has 5 heterocycles. The van der Waals surface area contributed by atoms with Gasteiger partial charge in [0.1, 0.15) is 23.0 Å². The number of hydrogen-bond acceptors (Lipinski definition) is 10. The Morgan fingerprint density at radius 1 is 1.05 bits per heavy atom. The number of aromatic amines is 1. The molecule has 55 heavy (non-hydrogen) atoms. The van der Waals surface area contributed by atoms with Crippen LogP contribution < -0.4 is 14.4 Å². The predicted octanol–water partition coefficient (Wildman–Crippen LogP) is 7.39. The van der Waals surface area contributed by atoms with Gasteiger partial charge in [-0.25, -0.2) is 4.79 Å². The van der Waals surface area contributed by atoms with E-state index in [2.05, 4.69) is 26.6 Å². The molecule has 12 nitrogen and oxygen atoms in total. The molecule has 0 saturated carbocycles. The highest BCUT2D eigenvalue weighted by atomic mass is 19.4. The maximum atomic E-state index is 14.0. The summed E-state index contributed by atoms with van der Waals surface area (Å²) in [7, 11) is 1.69. The van der Waals surface area contributed by atoms with E-state index in [0.29, 0.717) is 60.7 Å². The van der Waals surface area contributed by atoms with Gasteiger partial charge in [-0.3, -0.25) is 5.10 Å². The molecule has 0 radical (unpaired) electrons. The van der Waals surface area contributed by atoms with Crippen molar-refractivity contribution in [3.8, 4) is 22.9 Å². The van der Waals surface area contributed by atoms with Crippen molar-refractivity contribution >= 4 is 39.8 Å². The number of amides is 1. The highest BCUT2D eigenvalue weighted by Crippen LogP contribution is 2.48. The van der Waals surface area contributed by atoms with E-state index in [9.17, 15) is 18.0 Å². The smallest absolute Gasteiger partial charge is 0.422 e. The van der Waals surface area contributed by atoms with Gasteiger partial charge in [-0.05, 0) is 82.2 Å². The number of rotatable bonds is 10. The number of fused-ring (bicyclic) bond motifs is 2. The number of methoxy groups -OCH3 is 1. The van der Waals surface area contributed by atoms with E-state index in [1.54, 1.807) is 24.3 Å². The Bertz CT molecular complexity index is 2040. The van der Waals surface area contributed by atoms with E-state index in [1.807, 2.05) is 45.9 Å². The fourth-order valence-corrected chi connectivity index (χ4v) is 8.03. The molecule has 4 aromatic rings. The first kappa shape index (κ1) is 38.6. The number of alkyl halides is 3. The Hall–Kier alpha value is -4.63. The quantitative estimate of drug-likeness (QED) is 0.175. The average molecular weight is 766 g/mol. The summed E-state index contributed by atoms with van der Waals surface area (Å²) in [4.78, 5) is 28.8. The normalized spacial score (nSPS) is 18.2. The fourth-order valence-electron chi connectivity index (χ4n) is 8.03. The van der Waals surface area contributed by atoms with Crippen LogP contribution >= 0.6 is 0 Å². The number of hydrogen-bond donors (Lipinski definition) is 1. The minimum Gasteiger partial charge on any atom is -0.481 e. The molecule has 0 atom stereocenters. The summed E-state index contributed by atoms with van der Waals surface area (Å²) in [6.07, 6.45) is 1.23. The van der Waals surface area contributed by atoms with Crippen LogP contribution in [0.2, 0.25) is 0 Å². The summed E-state index contributed by atoms with van der Waals surface area (Å²) in [6.45, 7) is 15.5. The number of carbonyl (C=O) groups excluding carboxylic acids is 1. The Labute approximate surface area is 318 Å². The van der Waals surface area contributed by atoms with Crippen LogP contribution in [0.5, 0.6) is 11.8 Å². The number of aryl methyl sites for hydroxylation is 1. The number of carbonyl (C=O) groups is 1. The molecule has 2 aromatic carbocycles. The van der Waals surface area contributed by atoms with Crippen molar-refractivity contribution < 1.29 is 36.9 Å². The maximum Gasteiger partial charge on any atom is 0.422 e. The summed E-state index contributed by atoms with van der Waals surface area (Å²) < 4.78 is 65.2. The Morgan fingerprint density at radius 3 is 2.44 bits per heavy atom. The predicted molar refractivity (Wildman–Crippen MR) is 205 cm³/mol. The van der Waals surface area contributed by atoms with Crippen molar-refractivity contribution in [2.24, 2.45) is 5.41 Å². The number of ether oxygens (including phenoxy) is 4. The topological polar surface area (TPSA) is 118 Å². The van der Waals surface area contributed by atoms with E-state index >= 15 is 0 Å². The molecular weight excluding hydrogens is 715 g/mol. The lowest BCUT2D eigenvalue weighted by Gasteiger charge is -2.53. The molecule has 1 N–H and O–H groups in total. The summed E-state index contributed by atoms with van der Waals surface area (Å²) in [5.41, 5.74) is 2.83. The number of aromatic nitrogens is 4. The van der Waals surface area contributed by atoms with Crippen molar-refractivity contribution in [2.75, 3.05) is 71.0 Å². The van der Waals surface area contributed by atoms with E-state index in [0.717, 1.165) is 61.8 Å². The van der Waals surface area contributed by atoms with Gasteiger partial charge in [0.2, 0.25) is 0 Å². The molecule has 296 valence electrons. The molecule has 1 spiro atoms. The van der Waals surface area contributed by atoms with Gasteiger partial charge < -0.3 is 33.6 Å². The Kier molecular flexibility index (Phi) is 10.6. The monoisotopic (exact) mass is 765 g/mol. The SMILES string of the molecule is C=Cc1cc2c(N3CCC4(CC3)CN(C(=O)OC(C)(C)C)C4)nc(OC3CCN(CCOC)CC3)nc2c(OCC(F)(F)F)c1-c1c(C)ccc2[nH]ncc12. The van der Waals surface area contributed by atoms with Gasteiger partial charge in [0.25, 0.3) is 0 Å². The van der Waals surface area contributed by atoms with Crippen molar-refractivity contribution in [1.29, 1.82) is 0 Å². The number of piperidine rings is 2. The van der Waals surface area contributed by atoms with Crippen LogP contribution in [0.4, 0.5) is 23.8 Å². The molecule has 7 rings (SSSR count). The summed E-state index contributed by atoms with van der Waals surface area (Å²) in [6, 6.07) is 5.76. The van der Waals surface area contributed by atoms with Crippen LogP contribution in [0, 0.1) is 12.3 Å². The van der Waals surface area contributed by atoms with Gasteiger partial charge in [-0.15, -0.1) is 0 Å². The molecule has 1 amide bonds. The first-order chi connectivity index (χ1) is 26.2. The molecule has 0 aliphatic carbocycles. The van der Waals surface area contributed by atoms with Crippen LogP contribution in [-0.4, -0.2) is 120 Å². The van der Waals surface area contributed by atoms with Gasteiger partial charge in [-0.1, -0.05) is 18.7 Å². The zero-order chi connectivity index (χ0) is 39.1. The third kappa shape index (κ3) is 8.32. The van der Waals surface area contributed by atoms with Crippen LogP contribution in [0.25, 0.3) is 39.0 Å². The number of H-pyrrole nitrogens is 1. The zero-order valence-corrected chi connectivity index (χ0v) is 32.2. The minimum absolute atomic E-state index is 0.0233. The molecule has 3 fully saturated rings. The van der Waals surface area contributed by atoms with Crippen molar-refractivity contribution in [3.05, 3.63) is 42.1 Å². The highest BCUT2D eigenvalue weighted by molar-refractivity contribution is 6.07. The second-order valence-corrected chi connectivity index (χ2v) is 16.1. The second kappa shape index (κ2) is 15.1. The molecule has 3 saturated heterocycles. The van der Waals surface area contributed by atoms with Crippen LogP contribution in [0.15, 0.2) is 31.0 Å². The molecule has 15 heteroatoms. The third-order valence-electron chi connectivity index (χ3n) is 10.9. The molecule has 0 unspecified atom stereocenters. The molecule has 2 aromatic heterocycles. The summed E-state index contributed by atoms with van der Waals surface area (Å²) in [5.74, 6) is 0.533. The highest BCUT2D eigenvalue weighted by Gasteiger charge is 2.48. The van der Waals surface area contributed by atoms with Crippen molar-refractivity contribution in [3.63, 3.8) is 0 Å². The van der Waals surface area contributed by atoms with Crippen LogP contribution in [0.1, 0.15) is 57.6 Å². The second-order valence-electron chi connectivity index (χ2n) is 16.1.